The Morgan fingerprint density at radius 1 is 1.57 bits per heavy atom. The highest BCUT2D eigenvalue weighted by molar-refractivity contribution is 7.42. The SMILES string of the molecule is OCOP1OCc2cc(Cl)ccc2O1. The van der Waals surface area contributed by atoms with Gasteiger partial charge in [-0.3, -0.25) is 9.05 Å². The lowest BCUT2D eigenvalue weighted by Crippen LogP contribution is -2.06. The summed E-state index contributed by atoms with van der Waals surface area (Å²) in [5.74, 6) is 0.695. The van der Waals surface area contributed by atoms with E-state index in [1.54, 1.807) is 18.2 Å². The van der Waals surface area contributed by atoms with Gasteiger partial charge in [0.2, 0.25) is 0 Å². The summed E-state index contributed by atoms with van der Waals surface area (Å²) in [5, 5.41) is 9.17. The molecule has 2 rings (SSSR count). The topological polar surface area (TPSA) is 47.9 Å². The van der Waals surface area contributed by atoms with Crippen LogP contribution in [0.15, 0.2) is 18.2 Å². The number of hydrogen-bond acceptors (Lipinski definition) is 4. The Kier molecular flexibility index (Phi) is 3.21. The number of rotatable bonds is 2. The third-order valence-corrected chi connectivity index (χ3v) is 2.93. The lowest BCUT2D eigenvalue weighted by atomic mass is 10.2. The molecule has 1 N–H and O–H groups in total. The van der Waals surface area contributed by atoms with E-state index in [2.05, 4.69) is 0 Å². The first-order chi connectivity index (χ1) is 6.79. The van der Waals surface area contributed by atoms with Crippen molar-refractivity contribution in [3.8, 4) is 5.75 Å². The maximum Gasteiger partial charge on any atom is 0.399 e. The normalized spacial score (nSPS) is 20.0. The molecule has 1 unspecified atom stereocenters. The molecule has 1 aliphatic heterocycles. The number of aliphatic hydroxyl groups excluding tert-OH is 1. The van der Waals surface area contributed by atoms with Crippen molar-refractivity contribution in [1.82, 2.24) is 0 Å². The van der Waals surface area contributed by atoms with Crippen LogP contribution in [0.5, 0.6) is 5.75 Å². The van der Waals surface area contributed by atoms with Gasteiger partial charge in [0.25, 0.3) is 0 Å². The van der Waals surface area contributed by atoms with E-state index < -0.39 is 15.4 Å². The number of fused-ring (bicyclic) bond motifs is 1. The van der Waals surface area contributed by atoms with Crippen molar-refractivity contribution < 1.29 is 18.7 Å². The molecule has 1 aromatic carbocycles. The highest BCUT2D eigenvalue weighted by atomic mass is 35.5. The molecule has 1 aromatic rings. The summed E-state index contributed by atoms with van der Waals surface area (Å²) in [6.07, 6.45) is 0. The minimum absolute atomic E-state index is 0.390. The Hall–Kier alpha value is -0.380. The second-order valence-electron chi connectivity index (χ2n) is 2.60. The Bertz CT molecular complexity index is 333. The zero-order valence-electron chi connectivity index (χ0n) is 7.14. The molecule has 0 bridgehead atoms. The largest absolute Gasteiger partial charge is 0.426 e. The Labute approximate surface area is 87.4 Å². The van der Waals surface area contributed by atoms with E-state index in [1.165, 1.54) is 0 Å². The van der Waals surface area contributed by atoms with Gasteiger partial charge in [0, 0.05) is 10.6 Å². The van der Waals surface area contributed by atoms with Gasteiger partial charge in [0.05, 0.1) is 6.61 Å². The van der Waals surface area contributed by atoms with Crippen LogP contribution in [-0.4, -0.2) is 11.9 Å². The zero-order valence-corrected chi connectivity index (χ0v) is 8.79. The molecule has 0 spiro atoms. The molecule has 0 saturated heterocycles. The van der Waals surface area contributed by atoms with Gasteiger partial charge >= 0.3 is 8.60 Å². The van der Waals surface area contributed by atoms with Gasteiger partial charge in [-0.2, -0.15) is 0 Å². The van der Waals surface area contributed by atoms with Gasteiger partial charge in [0.15, 0.2) is 6.79 Å². The van der Waals surface area contributed by atoms with Crippen LogP contribution in [0.1, 0.15) is 5.56 Å². The molecule has 6 heteroatoms. The molecule has 76 valence electrons. The van der Waals surface area contributed by atoms with Gasteiger partial charge in [-0.1, -0.05) is 11.6 Å². The van der Waals surface area contributed by atoms with Crippen molar-refractivity contribution in [2.75, 3.05) is 6.79 Å². The molecular weight excluding hydrogens is 227 g/mol. The lowest BCUT2D eigenvalue weighted by Gasteiger charge is -2.22. The van der Waals surface area contributed by atoms with Gasteiger partial charge in [-0.15, -0.1) is 0 Å². The van der Waals surface area contributed by atoms with E-state index in [1.807, 2.05) is 0 Å². The standard InChI is InChI=1S/C8H8ClO4P/c9-7-1-2-8-6(3-7)4-11-14(13-8)12-5-10/h1-3,10H,4-5H2. The van der Waals surface area contributed by atoms with Crippen molar-refractivity contribution in [3.63, 3.8) is 0 Å². The maximum atomic E-state index is 8.52. The van der Waals surface area contributed by atoms with E-state index in [4.69, 9.17) is 30.3 Å². The summed E-state index contributed by atoms with van der Waals surface area (Å²) < 4.78 is 15.3. The van der Waals surface area contributed by atoms with Gasteiger partial charge in [-0.05, 0) is 18.2 Å². The van der Waals surface area contributed by atoms with Crippen LogP contribution in [0.25, 0.3) is 0 Å². The average Bonchev–Trinajstić information content (AvgIpc) is 2.19. The highest BCUT2D eigenvalue weighted by Crippen LogP contribution is 2.47. The van der Waals surface area contributed by atoms with Crippen molar-refractivity contribution >= 4 is 20.2 Å². The molecule has 4 nitrogen and oxygen atoms in total. The number of benzene rings is 1. The predicted octanol–water partition coefficient (Wildman–Crippen LogP) is 2.44. The van der Waals surface area contributed by atoms with Crippen molar-refractivity contribution in [2.24, 2.45) is 0 Å². The molecular formula is C8H8ClO4P. The van der Waals surface area contributed by atoms with Crippen LogP contribution < -0.4 is 4.52 Å². The summed E-state index contributed by atoms with van der Waals surface area (Å²) in [5.41, 5.74) is 0.887. The summed E-state index contributed by atoms with van der Waals surface area (Å²) in [4.78, 5) is 0. The van der Waals surface area contributed by atoms with Crippen LogP contribution in [-0.2, 0) is 15.7 Å². The second kappa shape index (κ2) is 4.43. The molecule has 0 radical (unpaired) electrons. The zero-order chi connectivity index (χ0) is 9.97. The summed E-state index contributed by atoms with van der Waals surface area (Å²) >= 11 is 5.80. The third kappa shape index (κ3) is 2.16. The fourth-order valence-electron chi connectivity index (χ4n) is 1.09. The molecule has 1 aliphatic rings. The lowest BCUT2D eigenvalue weighted by molar-refractivity contribution is 0.0706. The number of hydrogen-bond donors (Lipinski definition) is 1. The molecule has 1 atom stereocenters. The number of halogens is 1. The van der Waals surface area contributed by atoms with Gasteiger partial charge < -0.3 is 9.63 Å². The minimum Gasteiger partial charge on any atom is -0.426 e. The Morgan fingerprint density at radius 2 is 2.43 bits per heavy atom. The quantitative estimate of drug-likeness (QED) is 0.631. The monoisotopic (exact) mass is 234 g/mol. The fraction of sp³-hybridized carbons (Fsp3) is 0.250. The Morgan fingerprint density at radius 3 is 3.21 bits per heavy atom. The van der Waals surface area contributed by atoms with Crippen LogP contribution in [0.4, 0.5) is 0 Å². The molecule has 14 heavy (non-hydrogen) atoms. The van der Waals surface area contributed by atoms with Gasteiger partial charge in [-0.25, -0.2) is 0 Å². The predicted molar refractivity (Wildman–Crippen MR) is 52.0 cm³/mol. The van der Waals surface area contributed by atoms with E-state index >= 15 is 0 Å². The molecule has 0 amide bonds. The first-order valence-corrected chi connectivity index (χ1v) is 5.40. The summed E-state index contributed by atoms with van der Waals surface area (Å²) in [6, 6.07) is 5.27. The molecule has 0 saturated carbocycles. The van der Waals surface area contributed by atoms with Crippen LogP contribution in [0.3, 0.4) is 0 Å². The van der Waals surface area contributed by atoms with Crippen molar-refractivity contribution in [3.05, 3.63) is 28.8 Å². The van der Waals surface area contributed by atoms with E-state index in [-0.39, 0.29) is 0 Å². The first kappa shape index (κ1) is 10.1. The van der Waals surface area contributed by atoms with Crippen LogP contribution in [0, 0.1) is 0 Å². The van der Waals surface area contributed by atoms with Crippen LogP contribution >= 0.6 is 20.2 Å². The van der Waals surface area contributed by atoms with E-state index in [9.17, 15) is 0 Å². The number of aliphatic hydroxyl groups is 1. The maximum absolute atomic E-state index is 8.52. The smallest absolute Gasteiger partial charge is 0.399 e. The van der Waals surface area contributed by atoms with E-state index in [0.717, 1.165) is 5.56 Å². The van der Waals surface area contributed by atoms with Crippen molar-refractivity contribution in [2.45, 2.75) is 6.61 Å². The third-order valence-electron chi connectivity index (χ3n) is 1.68. The Balaban J connectivity index is 2.15. The van der Waals surface area contributed by atoms with Crippen LogP contribution in [0.2, 0.25) is 5.02 Å². The van der Waals surface area contributed by atoms with Gasteiger partial charge in [0.1, 0.15) is 5.75 Å². The minimum atomic E-state index is -1.46. The summed E-state index contributed by atoms with van der Waals surface area (Å²) in [6.45, 7) is -0.0176. The average molecular weight is 235 g/mol. The summed E-state index contributed by atoms with van der Waals surface area (Å²) in [7, 11) is -1.46. The first-order valence-electron chi connectivity index (χ1n) is 3.93. The molecule has 0 aromatic heterocycles. The van der Waals surface area contributed by atoms with Crippen molar-refractivity contribution in [1.29, 1.82) is 0 Å². The molecule has 0 aliphatic carbocycles. The fourth-order valence-corrected chi connectivity index (χ4v) is 2.14. The second-order valence-corrected chi connectivity index (χ2v) is 4.18. The molecule has 0 fully saturated rings. The highest BCUT2D eigenvalue weighted by Gasteiger charge is 2.22. The van der Waals surface area contributed by atoms with E-state index in [0.29, 0.717) is 17.4 Å². The molecule has 1 heterocycles.